The van der Waals surface area contributed by atoms with Gasteiger partial charge in [0, 0.05) is 19.2 Å². The lowest BCUT2D eigenvalue weighted by Crippen LogP contribution is -2.39. The highest BCUT2D eigenvalue weighted by atomic mass is 16.2. The van der Waals surface area contributed by atoms with Crippen LogP contribution in [0.4, 0.5) is 0 Å². The van der Waals surface area contributed by atoms with Crippen LogP contribution in [0.3, 0.4) is 0 Å². The average Bonchev–Trinajstić information content (AvgIpc) is 2.40. The number of aromatic amines is 1. The van der Waals surface area contributed by atoms with Crippen LogP contribution >= 0.6 is 0 Å². The summed E-state index contributed by atoms with van der Waals surface area (Å²) in [5.74, 6) is 0.670. The summed E-state index contributed by atoms with van der Waals surface area (Å²) in [6, 6.07) is 2.82. The lowest BCUT2D eigenvalue weighted by molar-refractivity contribution is 0.0679. The van der Waals surface area contributed by atoms with Gasteiger partial charge >= 0.3 is 0 Å². The van der Waals surface area contributed by atoms with Gasteiger partial charge in [-0.2, -0.15) is 5.10 Å². The summed E-state index contributed by atoms with van der Waals surface area (Å²) in [4.78, 5) is 24.8. The number of rotatable bonds is 3. The number of carbonyl (C=O) groups excluding carboxylic acids is 1. The molecule has 0 atom stereocenters. The van der Waals surface area contributed by atoms with Crippen LogP contribution in [0.15, 0.2) is 16.9 Å². The van der Waals surface area contributed by atoms with E-state index >= 15 is 0 Å². The summed E-state index contributed by atoms with van der Waals surface area (Å²) >= 11 is 0. The Bertz CT molecular complexity index is 441. The van der Waals surface area contributed by atoms with E-state index in [2.05, 4.69) is 17.1 Å². The van der Waals surface area contributed by atoms with Crippen LogP contribution in [0.5, 0.6) is 0 Å². The topological polar surface area (TPSA) is 66.1 Å². The zero-order chi connectivity index (χ0) is 13.0. The molecule has 5 heteroatoms. The molecule has 0 aromatic carbocycles. The smallest absolute Gasteiger partial charge is 0.274 e. The maximum Gasteiger partial charge on any atom is 0.274 e. The van der Waals surface area contributed by atoms with E-state index in [0.29, 0.717) is 5.69 Å². The molecule has 0 bridgehead atoms. The molecule has 1 amide bonds. The number of H-pyrrole nitrogens is 1. The highest BCUT2D eigenvalue weighted by Gasteiger charge is 2.23. The number of hydrogen-bond donors (Lipinski definition) is 1. The zero-order valence-electron chi connectivity index (χ0n) is 10.7. The molecular formula is C13H19N3O2. The second-order valence-electron chi connectivity index (χ2n) is 4.83. The molecule has 0 spiro atoms. The Kier molecular flexibility index (Phi) is 4.12. The zero-order valence-corrected chi connectivity index (χ0v) is 10.7. The highest BCUT2D eigenvalue weighted by molar-refractivity contribution is 5.92. The second-order valence-corrected chi connectivity index (χ2v) is 4.83. The molecule has 2 rings (SSSR count). The van der Waals surface area contributed by atoms with Crippen LogP contribution in [0.2, 0.25) is 0 Å². The van der Waals surface area contributed by atoms with Crippen molar-refractivity contribution < 1.29 is 4.79 Å². The molecule has 1 aliphatic heterocycles. The van der Waals surface area contributed by atoms with Crippen LogP contribution in [0, 0.1) is 5.92 Å². The summed E-state index contributed by atoms with van der Waals surface area (Å²) in [5, 5.41) is 6.08. The van der Waals surface area contributed by atoms with Crippen molar-refractivity contribution in [2.75, 3.05) is 13.1 Å². The SMILES string of the molecule is CCCC1CCN(C(=O)c2ccc(=O)[nH]n2)CC1. The van der Waals surface area contributed by atoms with E-state index in [-0.39, 0.29) is 11.5 Å². The number of likely N-dealkylation sites (tertiary alicyclic amines) is 1. The Balaban J connectivity index is 1.95. The second kappa shape index (κ2) is 5.80. The van der Waals surface area contributed by atoms with Crippen molar-refractivity contribution in [1.29, 1.82) is 0 Å². The molecule has 2 heterocycles. The van der Waals surface area contributed by atoms with Gasteiger partial charge in [0.25, 0.3) is 11.5 Å². The quantitative estimate of drug-likeness (QED) is 0.881. The van der Waals surface area contributed by atoms with Gasteiger partial charge in [0.15, 0.2) is 0 Å². The van der Waals surface area contributed by atoms with E-state index < -0.39 is 0 Å². The van der Waals surface area contributed by atoms with E-state index in [4.69, 9.17) is 0 Å². The third-order valence-electron chi connectivity index (χ3n) is 3.50. The van der Waals surface area contributed by atoms with E-state index in [1.54, 1.807) is 0 Å². The van der Waals surface area contributed by atoms with E-state index in [9.17, 15) is 9.59 Å². The van der Waals surface area contributed by atoms with Crippen LogP contribution < -0.4 is 5.56 Å². The fraction of sp³-hybridized carbons (Fsp3) is 0.615. The molecule has 18 heavy (non-hydrogen) atoms. The number of aromatic nitrogens is 2. The fourth-order valence-corrected chi connectivity index (χ4v) is 2.46. The standard InChI is InChI=1S/C13H19N3O2/c1-2-3-10-6-8-16(9-7-10)13(18)11-4-5-12(17)15-14-11/h4-5,10H,2-3,6-9H2,1H3,(H,15,17). The lowest BCUT2D eigenvalue weighted by atomic mass is 9.92. The van der Waals surface area contributed by atoms with Crippen molar-refractivity contribution in [3.8, 4) is 0 Å². The highest BCUT2D eigenvalue weighted by Crippen LogP contribution is 2.22. The molecule has 0 saturated carbocycles. The molecule has 1 aromatic rings. The van der Waals surface area contributed by atoms with E-state index in [1.807, 2.05) is 4.90 Å². The molecule has 1 aromatic heterocycles. The largest absolute Gasteiger partial charge is 0.337 e. The normalized spacial score (nSPS) is 16.8. The van der Waals surface area contributed by atoms with Crippen molar-refractivity contribution in [2.45, 2.75) is 32.6 Å². The van der Waals surface area contributed by atoms with Gasteiger partial charge in [-0.25, -0.2) is 5.10 Å². The molecule has 1 saturated heterocycles. The van der Waals surface area contributed by atoms with E-state index in [0.717, 1.165) is 31.8 Å². The summed E-state index contributed by atoms with van der Waals surface area (Å²) in [5.41, 5.74) is 0.0387. The van der Waals surface area contributed by atoms with Crippen molar-refractivity contribution in [2.24, 2.45) is 5.92 Å². The minimum Gasteiger partial charge on any atom is -0.337 e. The molecule has 0 radical (unpaired) electrons. The Morgan fingerprint density at radius 1 is 1.44 bits per heavy atom. The lowest BCUT2D eigenvalue weighted by Gasteiger charge is -2.31. The van der Waals surface area contributed by atoms with Gasteiger partial charge in [0.05, 0.1) is 0 Å². The summed E-state index contributed by atoms with van der Waals surface area (Å²) in [6.45, 7) is 3.79. The first-order valence-electron chi connectivity index (χ1n) is 6.55. The number of carbonyl (C=O) groups is 1. The minimum atomic E-state index is -0.284. The van der Waals surface area contributed by atoms with Gasteiger partial charge < -0.3 is 4.90 Å². The predicted molar refractivity (Wildman–Crippen MR) is 68.4 cm³/mol. The molecule has 0 aliphatic carbocycles. The van der Waals surface area contributed by atoms with Crippen LogP contribution in [-0.4, -0.2) is 34.1 Å². The maximum absolute atomic E-state index is 12.1. The van der Waals surface area contributed by atoms with Crippen molar-refractivity contribution >= 4 is 5.91 Å². The van der Waals surface area contributed by atoms with Crippen LogP contribution in [0.1, 0.15) is 43.1 Å². The Morgan fingerprint density at radius 2 is 2.17 bits per heavy atom. The first-order valence-corrected chi connectivity index (χ1v) is 6.55. The monoisotopic (exact) mass is 249 g/mol. The molecular weight excluding hydrogens is 230 g/mol. The molecule has 1 aliphatic rings. The number of amides is 1. The van der Waals surface area contributed by atoms with Gasteiger partial charge in [0.1, 0.15) is 5.69 Å². The number of nitrogens with zero attached hydrogens (tertiary/aromatic N) is 2. The van der Waals surface area contributed by atoms with Crippen molar-refractivity contribution in [3.63, 3.8) is 0 Å². The van der Waals surface area contributed by atoms with Gasteiger partial charge in [-0.05, 0) is 24.8 Å². The third kappa shape index (κ3) is 2.97. The Labute approximate surface area is 106 Å². The summed E-state index contributed by atoms with van der Waals surface area (Å²) in [7, 11) is 0. The van der Waals surface area contributed by atoms with Crippen LogP contribution in [-0.2, 0) is 0 Å². The van der Waals surface area contributed by atoms with Gasteiger partial charge in [-0.1, -0.05) is 19.8 Å². The van der Waals surface area contributed by atoms with Gasteiger partial charge in [-0.3, -0.25) is 9.59 Å². The number of nitrogens with one attached hydrogen (secondary N) is 1. The predicted octanol–water partition coefficient (Wildman–Crippen LogP) is 1.42. The molecule has 98 valence electrons. The van der Waals surface area contributed by atoms with Gasteiger partial charge in [-0.15, -0.1) is 0 Å². The summed E-state index contributed by atoms with van der Waals surface area (Å²) < 4.78 is 0. The molecule has 1 fully saturated rings. The first kappa shape index (κ1) is 12.8. The third-order valence-corrected chi connectivity index (χ3v) is 3.50. The molecule has 5 nitrogen and oxygen atoms in total. The molecule has 0 unspecified atom stereocenters. The van der Waals surface area contributed by atoms with Crippen molar-refractivity contribution in [3.05, 3.63) is 28.2 Å². The fourth-order valence-electron chi connectivity index (χ4n) is 2.46. The average molecular weight is 249 g/mol. The number of piperidine rings is 1. The van der Waals surface area contributed by atoms with Gasteiger partial charge in [0.2, 0.25) is 0 Å². The Morgan fingerprint density at radius 3 is 2.72 bits per heavy atom. The first-order chi connectivity index (χ1) is 8.70. The van der Waals surface area contributed by atoms with E-state index in [1.165, 1.54) is 25.0 Å². The minimum absolute atomic E-state index is 0.0822. The van der Waals surface area contributed by atoms with Crippen LogP contribution in [0.25, 0.3) is 0 Å². The number of hydrogen-bond acceptors (Lipinski definition) is 3. The Hall–Kier alpha value is -1.65. The summed E-state index contributed by atoms with van der Waals surface area (Å²) in [6.07, 6.45) is 4.60. The maximum atomic E-state index is 12.1. The molecule has 1 N–H and O–H groups in total. The van der Waals surface area contributed by atoms with Crippen molar-refractivity contribution in [1.82, 2.24) is 15.1 Å².